The molecule has 122 valence electrons. The Morgan fingerprint density at radius 2 is 1.75 bits per heavy atom. The first-order valence-corrected chi connectivity index (χ1v) is 10.0. The highest BCUT2D eigenvalue weighted by molar-refractivity contribution is 7.91. The first-order chi connectivity index (χ1) is 9.31. The van der Waals surface area contributed by atoms with E-state index in [1.165, 1.54) is 12.8 Å². The van der Waals surface area contributed by atoms with Crippen molar-refractivity contribution in [1.82, 2.24) is 5.32 Å². The predicted molar refractivity (Wildman–Crippen MR) is 88.9 cm³/mol. The summed E-state index contributed by atoms with van der Waals surface area (Å²) in [5.74, 6) is 1.24. The van der Waals surface area contributed by atoms with Crippen molar-refractivity contribution >= 4 is 9.84 Å². The first-order valence-electron chi connectivity index (χ1n) is 8.22. The molecule has 3 nitrogen and oxygen atoms in total. The molecule has 20 heavy (non-hydrogen) atoms. The Bertz CT molecular complexity index is 338. The van der Waals surface area contributed by atoms with Gasteiger partial charge in [0.15, 0.2) is 0 Å². The molecule has 1 atom stereocenters. The quantitative estimate of drug-likeness (QED) is 0.599. The molecular weight excluding hydrogens is 270 g/mol. The third-order valence-corrected chi connectivity index (χ3v) is 5.95. The standard InChI is InChI=1S/C16H35NO2S/c1-6-9-10-16(7-2,14-17-13-15(4)5)11-12-20(18,19)8-3/h15,17H,6-14H2,1-5H3. The molecule has 1 N–H and O–H groups in total. The monoisotopic (exact) mass is 305 g/mol. The molecule has 0 heterocycles. The summed E-state index contributed by atoms with van der Waals surface area (Å²) >= 11 is 0. The van der Waals surface area contributed by atoms with Crippen LogP contribution in [0.5, 0.6) is 0 Å². The van der Waals surface area contributed by atoms with Crippen LogP contribution >= 0.6 is 0 Å². The molecule has 4 heteroatoms. The average molecular weight is 306 g/mol. The molecule has 1 unspecified atom stereocenters. The van der Waals surface area contributed by atoms with Crippen LogP contribution < -0.4 is 5.32 Å². The molecule has 0 radical (unpaired) electrons. The molecular formula is C16H35NO2S. The van der Waals surface area contributed by atoms with Crippen LogP contribution in [0.15, 0.2) is 0 Å². The topological polar surface area (TPSA) is 46.2 Å². The van der Waals surface area contributed by atoms with Gasteiger partial charge in [0.1, 0.15) is 9.84 Å². The van der Waals surface area contributed by atoms with E-state index in [1.54, 1.807) is 6.92 Å². The molecule has 0 aliphatic carbocycles. The summed E-state index contributed by atoms with van der Waals surface area (Å²) in [6.07, 6.45) is 5.34. The van der Waals surface area contributed by atoms with Gasteiger partial charge in [0.25, 0.3) is 0 Å². The van der Waals surface area contributed by atoms with Crippen LogP contribution in [0.2, 0.25) is 0 Å². The summed E-state index contributed by atoms with van der Waals surface area (Å²) < 4.78 is 23.6. The number of hydrogen-bond acceptors (Lipinski definition) is 3. The molecule has 0 spiro atoms. The van der Waals surface area contributed by atoms with E-state index in [0.717, 1.165) is 32.4 Å². The number of sulfone groups is 1. The second-order valence-corrected chi connectivity index (χ2v) is 8.94. The van der Waals surface area contributed by atoms with Gasteiger partial charge in [-0.3, -0.25) is 0 Å². The van der Waals surface area contributed by atoms with E-state index in [-0.39, 0.29) is 11.2 Å². The van der Waals surface area contributed by atoms with E-state index in [1.807, 2.05) is 0 Å². The Balaban J connectivity index is 4.65. The van der Waals surface area contributed by atoms with Crippen molar-refractivity contribution in [3.8, 4) is 0 Å². The highest BCUT2D eigenvalue weighted by Gasteiger charge is 2.28. The van der Waals surface area contributed by atoms with Crippen LogP contribution in [-0.4, -0.2) is 33.0 Å². The van der Waals surface area contributed by atoms with E-state index in [9.17, 15) is 8.42 Å². The van der Waals surface area contributed by atoms with Gasteiger partial charge < -0.3 is 5.32 Å². The van der Waals surface area contributed by atoms with Gasteiger partial charge in [0, 0.05) is 12.3 Å². The molecule has 0 aromatic carbocycles. The molecule has 0 aliphatic heterocycles. The summed E-state index contributed by atoms with van der Waals surface area (Å²) in [7, 11) is -2.86. The fraction of sp³-hybridized carbons (Fsp3) is 1.00. The third-order valence-electron chi connectivity index (χ3n) is 4.25. The van der Waals surface area contributed by atoms with Crippen LogP contribution in [0.3, 0.4) is 0 Å². The SMILES string of the molecule is CCCCC(CC)(CCS(=O)(=O)CC)CNCC(C)C. The van der Waals surface area contributed by atoms with Gasteiger partial charge in [0.05, 0.1) is 5.75 Å². The lowest BCUT2D eigenvalue weighted by Crippen LogP contribution is -2.37. The van der Waals surface area contributed by atoms with Gasteiger partial charge in [-0.1, -0.05) is 47.5 Å². The Morgan fingerprint density at radius 3 is 2.20 bits per heavy atom. The van der Waals surface area contributed by atoms with E-state index in [0.29, 0.717) is 11.7 Å². The highest BCUT2D eigenvalue weighted by Crippen LogP contribution is 2.33. The molecule has 0 aliphatic rings. The van der Waals surface area contributed by atoms with Gasteiger partial charge in [-0.25, -0.2) is 8.42 Å². The fourth-order valence-electron chi connectivity index (χ4n) is 2.47. The third kappa shape index (κ3) is 8.25. The fourth-order valence-corrected chi connectivity index (χ4v) is 3.51. The summed E-state index contributed by atoms with van der Waals surface area (Å²) in [6, 6.07) is 0. The molecule has 0 rings (SSSR count). The van der Waals surface area contributed by atoms with E-state index < -0.39 is 9.84 Å². The maximum Gasteiger partial charge on any atom is 0.150 e. The lowest BCUT2D eigenvalue weighted by Gasteiger charge is -2.34. The van der Waals surface area contributed by atoms with Crippen molar-refractivity contribution in [2.75, 3.05) is 24.6 Å². The lowest BCUT2D eigenvalue weighted by atomic mass is 9.77. The summed E-state index contributed by atoms with van der Waals surface area (Å²) in [5.41, 5.74) is 0.146. The molecule has 0 saturated heterocycles. The highest BCUT2D eigenvalue weighted by atomic mass is 32.2. The van der Waals surface area contributed by atoms with Crippen molar-refractivity contribution in [3.63, 3.8) is 0 Å². The molecule has 0 aromatic rings. The van der Waals surface area contributed by atoms with E-state index in [2.05, 4.69) is 33.0 Å². The number of hydrogen-bond donors (Lipinski definition) is 1. The Labute approximate surface area is 126 Å². The van der Waals surface area contributed by atoms with Crippen molar-refractivity contribution in [3.05, 3.63) is 0 Å². The zero-order valence-electron chi connectivity index (χ0n) is 14.2. The van der Waals surface area contributed by atoms with Crippen LogP contribution in [0.1, 0.15) is 66.7 Å². The zero-order chi connectivity index (χ0) is 15.6. The number of nitrogens with one attached hydrogen (secondary N) is 1. The lowest BCUT2D eigenvalue weighted by molar-refractivity contribution is 0.220. The van der Waals surface area contributed by atoms with E-state index in [4.69, 9.17) is 0 Å². The largest absolute Gasteiger partial charge is 0.316 e. The molecule has 0 saturated carbocycles. The maximum atomic E-state index is 11.8. The first kappa shape index (κ1) is 19.9. The minimum Gasteiger partial charge on any atom is -0.316 e. The van der Waals surface area contributed by atoms with Crippen molar-refractivity contribution in [2.24, 2.45) is 11.3 Å². The second-order valence-electron chi connectivity index (χ2n) is 6.47. The molecule has 0 bridgehead atoms. The van der Waals surface area contributed by atoms with Gasteiger partial charge in [-0.15, -0.1) is 0 Å². The van der Waals surface area contributed by atoms with Gasteiger partial charge in [-0.2, -0.15) is 0 Å². The van der Waals surface area contributed by atoms with Gasteiger partial charge >= 0.3 is 0 Å². The van der Waals surface area contributed by atoms with Crippen LogP contribution in [-0.2, 0) is 9.84 Å². The van der Waals surface area contributed by atoms with Crippen molar-refractivity contribution < 1.29 is 8.42 Å². The number of rotatable bonds is 12. The van der Waals surface area contributed by atoms with Gasteiger partial charge in [-0.05, 0) is 37.1 Å². The van der Waals surface area contributed by atoms with Crippen LogP contribution in [0, 0.1) is 11.3 Å². The summed E-state index contributed by atoms with van der Waals surface area (Å²) in [5, 5.41) is 3.55. The maximum absolute atomic E-state index is 11.8. The van der Waals surface area contributed by atoms with Crippen LogP contribution in [0.4, 0.5) is 0 Å². The smallest absolute Gasteiger partial charge is 0.150 e. The Morgan fingerprint density at radius 1 is 1.10 bits per heavy atom. The number of unbranched alkanes of at least 4 members (excludes halogenated alkanes) is 1. The van der Waals surface area contributed by atoms with Gasteiger partial charge in [0.2, 0.25) is 0 Å². The Kier molecular flexibility index (Phi) is 9.73. The predicted octanol–water partition coefficient (Wildman–Crippen LogP) is 3.64. The van der Waals surface area contributed by atoms with Crippen LogP contribution in [0.25, 0.3) is 0 Å². The zero-order valence-corrected chi connectivity index (χ0v) is 15.0. The summed E-state index contributed by atoms with van der Waals surface area (Å²) in [4.78, 5) is 0. The van der Waals surface area contributed by atoms with Crippen molar-refractivity contribution in [2.45, 2.75) is 66.7 Å². The average Bonchev–Trinajstić information content (AvgIpc) is 2.41. The molecule has 0 aromatic heterocycles. The molecule has 0 amide bonds. The second kappa shape index (κ2) is 9.78. The minimum absolute atomic E-state index is 0.146. The summed E-state index contributed by atoms with van der Waals surface area (Å²) in [6.45, 7) is 12.5. The molecule has 0 fully saturated rings. The normalized spacial score (nSPS) is 15.5. The minimum atomic E-state index is -2.86. The Hall–Kier alpha value is -0.0900. The van der Waals surface area contributed by atoms with Crippen molar-refractivity contribution in [1.29, 1.82) is 0 Å². The van der Waals surface area contributed by atoms with E-state index >= 15 is 0 Å².